The van der Waals surface area contributed by atoms with Gasteiger partial charge in [0.05, 0.1) is 0 Å². The molecule has 0 bridgehead atoms. The molecule has 0 aliphatic carbocycles. The molecule has 0 fully saturated rings. The zero-order chi connectivity index (χ0) is 10.6. The lowest BCUT2D eigenvalue weighted by molar-refractivity contribution is 0.644. The maximum Gasteiger partial charge on any atom is 0.0166 e. The van der Waals surface area contributed by atoms with E-state index in [1.165, 1.54) is 11.3 Å². The van der Waals surface area contributed by atoms with E-state index in [1.54, 1.807) is 0 Å². The summed E-state index contributed by atoms with van der Waals surface area (Å²) in [5.74, 6) is 1.14. The Kier molecular flexibility index (Phi) is 4.82. The summed E-state index contributed by atoms with van der Waals surface area (Å²) in [7, 11) is 0. The van der Waals surface area contributed by atoms with E-state index in [-0.39, 0.29) is 0 Å². The Morgan fingerprint density at radius 1 is 1.00 bits per heavy atom. The maximum absolute atomic E-state index is 3.87. The molecule has 13 heavy (non-hydrogen) atoms. The highest BCUT2D eigenvalue weighted by Gasteiger charge is 2.09. The van der Waals surface area contributed by atoms with Gasteiger partial charge in [0.2, 0.25) is 0 Å². The molecule has 0 saturated carbocycles. The summed E-state index contributed by atoms with van der Waals surface area (Å²) in [5.41, 5.74) is 3.77. The average Bonchev–Trinajstić information content (AvgIpc) is 1.97. The minimum Gasteiger partial charge on any atom is -0.363 e. The fraction of sp³-hybridized carbons (Fsp3) is 0.667. The summed E-state index contributed by atoms with van der Waals surface area (Å²) in [6, 6.07) is 0. The molecule has 0 amide bonds. The van der Waals surface area contributed by atoms with Gasteiger partial charge in [-0.3, -0.25) is 0 Å². The van der Waals surface area contributed by atoms with E-state index in [2.05, 4.69) is 46.5 Å². The van der Waals surface area contributed by atoms with Crippen molar-refractivity contribution in [2.24, 2.45) is 11.8 Å². The Bertz CT molecular complexity index is 209. The second-order valence-electron chi connectivity index (χ2n) is 4.31. The first-order valence-electron chi connectivity index (χ1n) is 4.99. The molecule has 0 radical (unpaired) electrons. The molecule has 0 aromatic heterocycles. The van der Waals surface area contributed by atoms with Crippen molar-refractivity contribution in [2.75, 3.05) is 0 Å². The van der Waals surface area contributed by atoms with E-state index in [9.17, 15) is 0 Å². The first-order chi connectivity index (χ1) is 5.86. The quantitative estimate of drug-likeness (QED) is 0.697. The summed E-state index contributed by atoms with van der Waals surface area (Å²) in [6.45, 7) is 16.9. The van der Waals surface area contributed by atoms with Crippen LogP contribution >= 0.6 is 0 Å². The standard InChI is InChI=1S/C12H23N/c1-8(2)11(7)12(9(3)4)13-10(5)6/h8-9,13H,5H2,1-4,6-7H3/b12-11+. The number of rotatable bonds is 4. The summed E-state index contributed by atoms with van der Waals surface area (Å²) in [6.07, 6.45) is 0. The third kappa shape index (κ3) is 4.16. The molecule has 0 aliphatic rings. The minimum absolute atomic E-state index is 0.541. The summed E-state index contributed by atoms with van der Waals surface area (Å²) in [4.78, 5) is 0. The second-order valence-corrected chi connectivity index (χ2v) is 4.31. The van der Waals surface area contributed by atoms with Crippen LogP contribution in [0.15, 0.2) is 23.5 Å². The van der Waals surface area contributed by atoms with Crippen molar-refractivity contribution in [3.05, 3.63) is 23.5 Å². The van der Waals surface area contributed by atoms with Gasteiger partial charge < -0.3 is 5.32 Å². The molecule has 76 valence electrons. The first-order valence-corrected chi connectivity index (χ1v) is 4.99. The molecule has 0 aromatic carbocycles. The number of hydrogen-bond donors (Lipinski definition) is 1. The number of allylic oxidation sites excluding steroid dienone is 3. The minimum atomic E-state index is 0.541. The zero-order valence-electron chi connectivity index (χ0n) is 9.86. The maximum atomic E-state index is 3.87. The van der Waals surface area contributed by atoms with Gasteiger partial charge in [0.25, 0.3) is 0 Å². The molecule has 0 atom stereocenters. The van der Waals surface area contributed by atoms with Gasteiger partial charge in [0.15, 0.2) is 0 Å². The molecule has 0 rings (SSSR count). The van der Waals surface area contributed by atoms with Crippen molar-refractivity contribution < 1.29 is 0 Å². The number of nitrogens with one attached hydrogen (secondary N) is 1. The third-order valence-electron chi connectivity index (χ3n) is 2.22. The van der Waals surface area contributed by atoms with E-state index < -0.39 is 0 Å². The normalized spacial score (nSPS) is 13.2. The van der Waals surface area contributed by atoms with Gasteiger partial charge in [0, 0.05) is 11.4 Å². The largest absolute Gasteiger partial charge is 0.363 e. The molecule has 0 aromatic rings. The van der Waals surface area contributed by atoms with Crippen molar-refractivity contribution in [2.45, 2.75) is 41.5 Å². The predicted octanol–water partition coefficient (Wildman–Crippen LogP) is 3.70. The van der Waals surface area contributed by atoms with E-state index in [0.29, 0.717) is 11.8 Å². The fourth-order valence-corrected chi connectivity index (χ4v) is 1.24. The summed E-state index contributed by atoms with van der Waals surface area (Å²) in [5, 5.41) is 3.35. The molecule has 0 heterocycles. The van der Waals surface area contributed by atoms with Crippen LogP contribution in [0.3, 0.4) is 0 Å². The smallest absolute Gasteiger partial charge is 0.0166 e. The Morgan fingerprint density at radius 2 is 1.46 bits per heavy atom. The van der Waals surface area contributed by atoms with Crippen molar-refractivity contribution in [1.29, 1.82) is 0 Å². The van der Waals surface area contributed by atoms with Crippen LogP contribution in [0.5, 0.6) is 0 Å². The second kappa shape index (κ2) is 5.11. The molecular weight excluding hydrogens is 158 g/mol. The Morgan fingerprint density at radius 3 is 1.69 bits per heavy atom. The van der Waals surface area contributed by atoms with Gasteiger partial charge in [0.1, 0.15) is 0 Å². The van der Waals surface area contributed by atoms with Crippen molar-refractivity contribution in [1.82, 2.24) is 5.32 Å². The van der Waals surface area contributed by atoms with Crippen LogP contribution in [0.4, 0.5) is 0 Å². The van der Waals surface area contributed by atoms with Crippen LogP contribution in [-0.2, 0) is 0 Å². The third-order valence-corrected chi connectivity index (χ3v) is 2.22. The lowest BCUT2D eigenvalue weighted by atomic mass is 9.97. The predicted molar refractivity (Wildman–Crippen MR) is 60.3 cm³/mol. The first kappa shape index (κ1) is 12.3. The van der Waals surface area contributed by atoms with Gasteiger partial charge in [-0.2, -0.15) is 0 Å². The Balaban J connectivity index is 4.77. The van der Waals surface area contributed by atoms with Crippen LogP contribution in [0.25, 0.3) is 0 Å². The van der Waals surface area contributed by atoms with Gasteiger partial charge in [-0.05, 0) is 25.7 Å². The monoisotopic (exact) mass is 181 g/mol. The van der Waals surface area contributed by atoms with Crippen molar-refractivity contribution >= 4 is 0 Å². The highest BCUT2D eigenvalue weighted by molar-refractivity contribution is 5.17. The van der Waals surface area contributed by atoms with Crippen molar-refractivity contribution in [3.63, 3.8) is 0 Å². The SMILES string of the molecule is C=C(C)N/C(=C(\C)C(C)C)C(C)C. The molecular formula is C12H23N. The zero-order valence-corrected chi connectivity index (χ0v) is 9.86. The summed E-state index contributed by atoms with van der Waals surface area (Å²) >= 11 is 0. The van der Waals surface area contributed by atoms with Crippen LogP contribution in [0.1, 0.15) is 41.5 Å². The van der Waals surface area contributed by atoms with Crippen LogP contribution in [-0.4, -0.2) is 0 Å². The fourth-order valence-electron chi connectivity index (χ4n) is 1.24. The van der Waals surface area contributed by atoms with Crippen molar-refractivity contribution in [3.8, 4) is 0 Å². The van der Waals surface area contributed by atoms with Crippen LogP contribution < -0.4 is 5.32 Å². The highest BCUT2D eigenvalue weighted by Crippen LogP contribution is 2.19. The lowest BCUT2D eigenvalue weighted by Gasteiger charge is -2.20. The Labute approximate surface area is 82.9 Å². The summed E-state index contributed by atoms with van der Waals surface area (Å²) < 4.78 is 0. The van der Waals surface area contributed by atoms with E-state index in [0.717, 1.165) is 5.70 Å². The topological polar surface area (TPSA) is 12.0 Å². The molecule has 1 heteroatoms. The molecule has 0 saturated heterocycles. The number of hydrogen-bond acceptors (Lipinski definition) is 1. The molecule has 0 spiro atoms. The van der Waals surface area contributed by atoms with E-state index in [4.69, 9.17) is 0 Å². The van der Waals surface area contributed by atoms with Gasteiger partial charge in [-0.15, -0.1) is 0 Å². The van der Waals surface area contributed by atoms with E-state index >= 15 is 0 Å². The molecule has 1 nitrogen and oxygen atoms in total. The van der Waals surface area contributed by atoms with Gasteiger partial charge >= 0.3 is 0 Å². The van der Waals surface area contributed by atoms with E-state index in [1.807, 2.05) is 6.92 Å². The average molecular weight is 181 g/mol. The Hall–Kier alpha value is -0.720. The molecule has 0 aliphatic heterocycles. The van der Waals surface area contributed by atoms with Crippen LogP contribution in [0.2, 0.25) is 0 Å². The highest BCUT2D eigenvalue weighted by atomic mass is 14.9. The molecule has 1 N–H and O–H groups in total. The van der Waals surface area contributed by atoms with Crippen LogP contribution in [0, 0.1) is 11.8 Å². The van der Waals surface area contributed by atoms with Gasteiger partial charge in [-0.1, -0.05) is 39.8 Å². The van der Waals surface area contributed by atoms with Gasteiger partial charge in [-0.25, -0.2) is 0 Å². The molecule has 0 unspecified atom stereocenters. The lowest BCUT2D eigenvalue weighted by Crippen LogP contribution is -2.18.